The lowest BCUT2D eigenvalue weighted by Gasteiger charge is -2.29. The largest absolute Gasteiger partial charge is 0.326 e. The normalized spacial score (nSPS) is 14.1. The van der Waals surface area contributed by atoms with E-state index in [0.717, 1.165) is 41.2 Å². The average Bonchev–Trinajstić information content (AvgIpc) is 3.06. The third-order valence-corrected chi connectivity index (χ3v) is 5.01. The van der Waals surface area contributed by atoms with Gasteiger partial charge in [0.25, 0.3) is 5.91 Å². The van der Waals surface area contributed by atoms with Gasteiger partial charge in [-0.3, -0.25) is 9.59 Å². The molecule has 3 rings (SSSR count). The summed E-state index contributed by atoms with van der Waals surface area (Å²) in [5.74, 6) is 0.0789. The lowest BCUT2D eigenvalue weighted by atomic mass is 9.92. The Hall–Kier alpha value is -2.14. The molecule has 2 heterocycles. The first-order valence-electron chi connectivity index (χ1n) is 8.62. The maximum absolute atomic E-state index is 12.7. The second kappa shape index (κ2) is 7.00. The molecule has 5 heteroatoms. The van der Waals surface area contributed by atoms with Crippen molar-refractivity contribution < 1.29 is 9.59 Å². The van der Waals surface area contributed by atoms with E-state index in [0.29, 0.717) is 6.42 Å². The smallest absolute Gasteiger partial charge is 0.268 e. The molecule has 0 unspecified atom stereocenters. The predicted molar refractivity (Wildman–Crippen MR) is 103 cm³/mol. The van der Waals surface area contributed by atoms with Crippen LogP contribution in [0.25, 0.3) is 0 Å². The molecule has 1 aliphatic rings. The number of carbonyl (C=O) groups is 2. The van der Waals surface area contributed by atoms with Crippen LogP contribution in [-0.2, 0) is 11.2 Å². The van der Waals surface area contributed by atoms with Crippen LogP contribution >= 0.6 is 11.3 Å². The van der Waals surface area contributed by atoms with Crippen LogP contribution < -0.4 is 10.2 Å². The summed E-state index contributed by atoms with van der Waals surface area (Å²) in [7, 11) is 0. The number of fused-ring (bicyclic) bond motifs is 1. The zero-order valence-corrected chi connectivity index (χ0v) is 15.8. The van der Waals surface area contributed by atoms with Crippen molar-refractivity contribution in [3.63, 3.8) is 0 Å². The molecule has 0 spiro atoms. The highest BCUT2D eigenvalue weighted by molar-refractivity contribution is 7.12. The Morgan fingerprint density at radius 2 is 2.04 bits per heavy atom. The van der Waals surface area contributed by atoms with Crippen molar-refractivity contribution in [1.82, 2.24) is 0 Å². The number of aryl methyl sites for hydroxylation is 1. The highest BCUT2D eigenvalue weighted by Gasteiger charge is 2.24. The number of nitrogens with one attached hydrogen (secondary N) is 1. The van der Waals surface area contributed by atoms with Gasteiger partial charge in [-0.1, -0.05) is 26.8 Å². The van der Waals surface area contributed by atoms with Crippen LogP contribution in [0.4, 0.5) is 11.4 Å². The molecule has 0 atom stereocenters. The minimum atomic E-state index is -0.0395. The third kappa shape index (κ3) is 4.28. The molecule has 2 aromatic rings. The fraction of sp³-hybridized carbons (Fsp3) is 0.400. The molecular formula is C20H24N2O2S. The first-order chi connectivity index (χ1) is 11.8. The second-order valence-electron chi connectivity index (χ2n) is 7.67. The van der Waals surface area contributed by atoms with Crippen LogP contribution in [0.3, 0.4) is 0 Å². The summed E-state index contributed by atoms with van der Waals surface area (Å²) in [6.07, 6.45) is 2.34. The minimum Gasteiger partial charge on any atom is -0.326 e. The van der Waals surface area contributed by atoms with E-state index < -0.39 is 0 Å². The molecule has 0 saturated carbocycles. The Kier molecular flexibility index (Phi) is 4.95. The van der Waals surface area contributed by atoms with E-state index in [4.69, 9.17) is 0 Å². The van der Waals surface area contributed by atoms with Gasteiger partial charge in [0.2, 0.25) is 5.91 Å². The molecule has 2 amide bonds. The lowest BCUT2D eigenvalue weighted by molar-refractivity contribution is -0.117. The second-order valence-corrected chi connectivity index (χ2v) is 8.61. The van der Waals surface area contributed by atoms with Crippen LogP contribution in [0.5, 0.6) is 0 Å². The van der Waals surface area contributed by atoms with Gasteiger partial charge >= 0.3 is 0 Å². The van der Waals surface area contributed by atoms with Crippen molar-refractivity contribution in [2.75, 3.05) is 16.8 Å². The minimum absolute atomic E-state index is 0.0229. The number of carbonyl (C=O) groups excluding carboxylic acids is 2. The van der Waals surface area contributed by atoms with E-state index in [1.807, 2.05) is 61.4 Å². The molecule has 0 fully saturated rings. The number of nitrogens with zero attached hydrogens (tertiary/aromatic N) is 1. The Morgan fingerprint density at radius 1 is 1.24 bits per heavy atom. The topological polar surface area (TPSA) is 49.4 Å². The summed E-state index contributed by atoms with van der Waals surface area (Å²) < 4.78 is 0. The van der Waals surface area contributed by atoms with Gasteiger partial charge in [-0.25, -0.2) is 0 Å². The molecule has 132 valence electrons. The molecule has 0 bridgehead atoms. The molecule has 0 aliphatic carbocycles. The molecule has 0 radical (unpaired) electrons. The van der Waals surface area contributed by atoms with Crippen molar-refractivity contribution >= 4 is 34.5 Å². The summed E-state index contributed by atoms with van der Waals surface area (Å²) in [5, 5.41) is 4.90. The van der Waals surface area contributed by atoms with Gasteiger partial charge in [0.05, 0.1) is 4.88 Å². The zero-order chi connectivity index (χ0) is 18.0. The molecule has 1 N–H and O–H groups in total. The zero-order valence-electron chi connectivity index (χ0n) is 15.0. The van der Waals surface area contributed by atoms with E-state index >= 15 is 0 Å². The van der Waals surface area contributed by atoms with Crippen LogP contribution in [0.1, 0.15) is 48.8 Å². The summed E-state index contributed by atoms with van der Waals surface area (Å²) in [5.41, 5.74) is 2.84. The molecule has 1 aliphatic heterocycles. The molecule has 4 nitrogen and oxygen atoms in total. The Morgan fingerprint density at radius 3 is 2.72 bits per heavy atom. The monoisotopic (exact) mass is 356 g/mol. The predicted octanol–water partition coefficient (Wildman–Crippen LogP) is 4.72. The Labute approximate surface area is 152 Å². The van der Waals surface area contributed by atoms with E-state index in [9.17, 15) is 9.59 Å². The van der Waals surface area contributed by atoms with Gasteiger partial charge in [0, 0.05) is 24.3 Å². The van der Waals surface area contributed by atoms with Gasteiger partial charge in [-0.2, -0.15) is 0 Å². The van der Waals surface area contributed by atoms with Crippen LogP contribution in [0, 0.1) is 5.41 Å². The molecule has 25 heavy (non-hydrogen) atoms. The van der Waals surface area contributed by atoms with E-state index in [2.05, 4.69) is 5.32 Å². The van der Waals surface area contributed by atoms with Gasteiger partial charge in [-0.15, -0.1) is 11.3 Å². The van der Waals surface area contributed by atoms with Gasteiger partial charge in [0.1, 0.15) is 0 Å². The first kappa shape index (κ1) is 17.7. The summed E-state index contributed by atoms with van der Waals surface area (Å²) in [6, 6.07) is 9.61. The third-order valence-electron chi connectivity index (χ3n) is 4.15. The van der Waals surface area contributed by atoms with Crippen molar-refractivity contribution in [2.45, 2.75) is 40.0 Å². The Balaban J connectivity index is 1.78. The molecule has 1 aromatic heterocycles. The molecule has 0 saturated heterocycles. The van der Waals surface area contributed by atoms with Crippen molar-refractivity contribution in [3.8, 4) is 0 Å². The highest BCUT2D eigenvalue weighted by atomic mass is 32.1. The average molecular weight is 356 g/mol. The number of hydrogen-bond donors (Lipinski definition) is 1. The number of rotatable bonds is 3. The van der Waals surface area contributed by atoms with Crippen molar-refractivity contribution in [1.29, 1.82) is 0 Å². The number of amides is 2. The van der Waals surface area contributed by atoms with Crippen LogP contribution in [0.15, 0.2) is 35.7 Å². The quantitative estimate of drug-likeness (QED) is 0.865. The van der Waals surface area contributed by atoms with Gasteiger partial charge < -0.3 is 10.2 Å². The van der Waals surface area contributed by atoms with E-state index in [1.54, 1.807) is 0 Å². The van der Waals surface area contributed by atoms with Crippen LogP contribution in [-0.4, -0.2) is 18.4 Å². The Bertz CT molecular complexity index is 775. The SMILES string of the molecule is CC(C)(C)CC(=O)Nc1ccc2c(c1)CCCN2C(=O)c1cccs1. The summed E-state index contributed by atoms with van der Waals surface area (Å²) in [4.78, 5) is 27.5. The van der Waals surface area contributed by atoms with E-state index in [-0.39, 0.29) is 17.2 Å². The number of anilines is 2. The maximum Gasteiger partial charge on any atom is 0.268 e. The first-order valence-corrected chi connectivity index (χ1v) is 9.50. The lowest BCUT2D eigenvalue weighted by Crippen LogP contribution is -2.35. The summed E-state index contributed by atoms with van der Waals surface area (Å²) >= 11 is 1.47. The number of hydrogen-bond acceptors (Lipinski definition) is 3. The number of benzene rings is 1. The molecular weight excluding hydrogens is 332 g/mol. The highest BCUT2D eigenvalue weighted by Crippen LogP contribution is 2.31. The van der Waals surface area contributed by atoms with Crippen molar-refractivity contribution in [2.24, 2.45) is 5.41 Å². The van der Waals surface area contributed by atoms with Gasteiger partial charge in [-0.05, 0) is 53.5 Å². The van der Waals surface area contributed by atoms with Gasteiger partial charge in [0.15, 0.2) is 0 Å². The number of thiophene rings is 1. The van der Waals surface area contributed by atoms with Crippen LogP contribution in [0.2, 0.25) is 0 Å². The fourth-order valence-electron chi connectivity index (χ4n) is 3.11. The summed E-state index contributed by atoms with van der Waals surface area (Å²) in [6.45, 7) is 6.88. The standard InChI is InChI=1S/C20H24N2O2S/c1-20(2,3)13-18(23)21-15-8-9-16-14(12-15)6-4-10-22(16)19(24)17-7-5-11-25-17/h5,7-9,11-12H,4,6,10,13H2,1-3H3,(H,21,23). The molecule has 1 aromatic carbocycles. The van der Waals surface area contributed by atoms with E-state index in [1.165, 1.54) is 11.3 Å². The maximum atomic E-state index is 12.7. The van der Waals surface area contributed by atoms with Crippen molar-refractivity contribution in [3.05, 3.63) is 46.2 Å². The fourth-order valence-corrected chi connectivity index (χ4v) is 3.78.